The number of aromatic nitrogens is 2. The van der Waals surface area contributed by atoms with Gasteiger partial charge in [0, 0.05) is 5.56 Å². The van der Waals surface area contributed by atoms with Gasteiger partial charge in [-0.05, 0) is 35.5 Å². The SMILES string of the molecule is CNCc1nc(-c2ccccc2C)c(Br)[nH]1. The summed E-state index contributed by atoms with van der Waals surface area (Å²) < 4.78 is 0.937. The zero-order chi connectivity index (χ0) is 11.5. The summed E-state index contributed by atoms with van der Waals surface area (Å²) in [5.74, 6) is 0.938. The van der Waals surface area contributed by atoms with Crippen LogP contribution in [0.5, 0.6) is 0 Å². The molecule has 0 fully saturated rings. The molecular weight excluding hydrogens is 266 g/mol. The summed E-state index contributed by atoms with van der Waals surface area (Å²) in [6.45, 7) is 2.83. The molecule has 0 aliphatic rings. The van der Waals surface area contributed by atoms with Gasteiger partial charge in [0.05, 0.1) is 6.54 Å². The second-order valence-corrected chi connectivity index (χ2v) is 4.48. The number of hydrogen-bond acceptors (Lipinski definition) is 2. The van der Waals surface area contributed by atoms with Gasteiger partial charge in [-0.2, -0.15) is 0 Å². The van der Waals surface area contributed by atoms with Gasteiger partial charge in [-0.25, -0.2) is 4.98 Å². The van der Waals surface area contributed by atoms with Crippen LogP contribution in [0, 0.1) is 6.92 Å². The molecule has 84 valence electrons. The smallest absolute Gasteiger partial charge is 0.121 e. The second kappa shape index (κ2) is 4.80. The average Bonchev–Trinajstić information content (AvgIpc) is 2.61. The summed E-state index contributed by atoms with van der Waals surface area (Å²) in [6.07, 6.45) is 0. The minimum absolute atomic E-state index is 0.741. The highest BCUT2D eigenvalue weighted by Crippen LogP contribution is 2.28. The van der Waals surface area contributed by atoms with Crippen LogP contribution in [0.4, 0.5) is 0 Å². The molecular formula is C12H14BrN3. The van der Waals surface area contributed by atoms with Crippen molar-refractivity contribution in [2.45, 2.75) is 13.5 Å². The van der Waals surface area contributed by atoms with Crippen molar-refractivity contribution < 1.29 is 0 Å². The van der Waals surface area contributed by atoms with Gasteiger partial charge in [-0.15, -0.1) is 0 Å². The van der Waals surface area contributed by atoms with Crippen LogP contribution in [0.25, 0.3) is 11.3 Å². The van der Waals surface area contributed by atoms with E-state index in [1.807, 2.05) is 19.2 Å². The van der Waals surface area contributed by atoms with E-state index >= 15 is 0 Å². The highest BCUT2D eigenvalue weighted by atomic mass is 79.9. The van der Waals surface area contributed by atoms with Crippen molar-refractivity contribution in [1.82, 2.24) is 15.3 Å². The first-order valence-electron chi connectivity index (χ1n) is 5.17. The van der Waals surface area contributed by atoms with Gasteiger partial charge in [0.15, 0.2) is 0 Å². The Balaban J connectivity index is 2.44. The van der Waals surface area contributed by atoms with Crippen LogP contribution in [0.15, 0.2) is 28.9 Å². The van der Waals surface area contributed by atoms with Gasteiger partial charge in [-0.3, -0.25) is 0 Å². The number of nitrogens with zero attached hydrogens (tertiary/aromatic N) is 1. The van der Waals surface area contributed by atoms with E-state index in [2.05, 4.69) is 50.3 Å². The molecule has 0 spiro atoms. The van der Waals surface area contributed by atoms with Crippen LogP contribution in [-0.2, 0) is 6.54 Å². The number of halogens is 1. The fraction of sp³-hybridized carbons (Fsp3) is 0.250. The fourth-order valence-electron chi connectivity index (χ4n) is 1.67. The lowest BCUT2D eigenvalue weighted by molar-refractivity contribution is 0.771. The maximum atomic E-state index is 4.57. The predicted octanol–water partition coefficient (Wildman–Crippen LogP) is 2.87. The fourth-order valence-corrected chi connectivity index (χ4v) is 2.20. The van der Waals surface area contributed by atoms with Crippen molar-refractivity contribution in [3.05, 3.63) is 40.3 Å². The van der Waals surface area contributed by atoms with E-state index in [1.54, 1.807) is 0 Å². The molecule has 0 aliphatic carbocycles. The number of hydrogen-bond donors (Lipinski definition) is 2. The monoisotopic (exact) mass is 279 g/mol. The summed E-state index contributed by atoms with van der Waals surface area (Å²) in [5.41, 5.74) is 3.36. The highest BCUT2D eigenvalue weighted by Gasteiger charge is 2.11. The molecule has 1 aromatic carbocycles. The molecule has 0 saturated carbocycles. The summed E-state index contributed by atoms with van der Waals surface area (Å²) >= 11 is 3.51. The zero-order valence-corrected chi connectivity index (χ0v) is 10.9. The van der Waals surface area contributed by atoms with Crippen molar-refractivity contribution >= 4 is 15.9 Å². The maximum Gasteiger partial charge on any atom is 0.121 e. The molecule has 2 aromatic rings. The molecule has 0 unspecified atom stereocenters. The molecule has 1 heterocycles. The van der Waals surface area contributed by atoms with E-state index in [0.717, 1.165) is 28.2 Å². The largest absolute Gasteiger partial charge is 0.335 e. The number of aryl methyl sites for hydroxylation is 1. The third kappa shape index (κ3) is 2.18. The summed E-state index contributed by atoms with van der Waals surface area (Å²) in [5, 5.41) is 3.08. The van der Waals surface area contributed by atoms with Crippen molar-refractivity contribution in [2.24, 2.45) is 0 Å². The van der Waals surface area contributed by atoms with E-state index in [0.29, 0.717) is 0 Å². The number of rotatable bonds is 3. The highest BCUT2D eigenvalue weighted by molar-refractivity contribution is 9.10. The number of aromatic amines is 1. The van der Waals surface area contributed by atoms with E-state index in [4.69, 9.17) is 0 Å². The summed E-state index contributed by atoms with van der Waals surface area (Å²) in [4.78, 5) is 7.78. The minimum atomic E-state index is 0.741. The van der Waals surface area contributed by atoms with Gasteiger partial charge in [0.2, 0.25) is 0 Å². The van der Waals surface area contributed by atoms with Gasteiger partial charge in [-0.1, -0.05) is 24.3 Å². The van der Waals surface area contributed by atoms with Gasteiger partial charge in [0.25, 0.3) is 0 Å². The van der Waals surface area contributed by atoms with Crippen LogP contribution < -0.4 is 5.32 Å². The quantitative estimate of drug-likeness (QED) is 0.907. The van der Waals surface area contributed by atoms with Crippen LogP contribution in [0.2, 0.25) is 0 Å². The lowest BCUT2D eigenvalue weighted by Crippen LogP contribution is -2.06. The van der Waals surface area contributed by atoms with Gasteiger partial charge in [0.1, 0.15) is 16.1 Å². The summed E-state index contributed by atoms with van der Waals surface area (Å²) in [6, 6.07) is 8.24. The molecule has 2 N–H and O–H groups in total. The molecule has 0 aliphatic heterocycles. The van der Waals surface area contributed by atoms with Crippen molar-refractivity contribution in [3.8, 4) is 11.3 Å². The lowest BCUT2D eigenvalue weighted by Gasteiger charge is -2.01. The zero-order valence-electron chi connectivity index (χ0n) is 9.34. The van der Waals surface area contributed by atoms with E-state index in [9.17, 15) is 0 Å². The lowest BCUT2D eigenvalue weighted by atomic mass is 10.1. The molecule has 1 aromatic heterocycles. The topological polar surface area (TPSA) is 40.7 Å². The Bertz CT molecular complexity index is 491. The van der Waals surface area contributed by atoms with Crippen LogP contribution in [-0.4, -0.2) is 17.0 Å². The maximum absolute atomic E-state index is 4.57. The van der Waals surface area contributed by atoms with E-state index in [-0.39, 0.29) is 0 Å². The van der Waals surface area contributed by atoms with E-state index in [1.165, 1.54) is 5.56 Å². The minimum Gasteiger partial charge on any atom is -0.335 e. The van der Waals surface area contributed by atoms with Gasteiger partial charge < -0.3 is 10.3 Å². The van der Waals surface area contributed by atoms with Crippen molar-refractivity contribution in [1.29, 1.82) is 0 Å². The molecule has 0 radical (unpaired) electrons. The Morgan fingerprint density at radius 2 is 2.12 bits per heavy atom. The number of nitrogens with one attached hydrogen (secondary N) is 2. The first-order valence-corrected chi connectivity index (χ1v) is 5.96. The van der Waals surface area contributed by atoms with Crippen molar-refractivity contribution in [3.63, 3.8) is 0 Å². The molecule has 0 saturated heterocycles. The number of H-pyrrole nitrogens is 1. The van der Waals surface area contributed by atoms with Gasteiger partial charge >= 0.3 is 0 Å². The second-order valence-electron chi connectivity index (χ2n) is 3.69. The molecule has 4 heteroatoms. The van der Waals surface area contributed by atoms with Crippen LogP contribution in [0.3, 0.4) is 0 Å². The summed E-state index contributed by atoms with van der Waals surface area (Å²) in [7, 11) is 1.91. The molecule has 0 bridgehead atoms. The third-order valence-electron chi connectivity index (χ3n) is 2.45. The Kier molecular flexibility index (Phi) is 3.41. The Hall–Kier alpha value is -1.13. The molecule has 0 atom stereocenters. The Morgan fingerprint density at radius 3 is 2.81 bits per heavy atom. The standard InChI is InChI=1S/C12H14BrN3/c1-8-5-3-4-6-9(8)11-12(13)16-10(15-11)7-14-2/h3-6,14H,7H2,1-2H3,(H,15,16). The first kappa shape index (κ1) is 11.4. The van der Waals surface area contributed by atoms with E-state index < -0.39 is 0 Å². The van der Waals surface area contributed by atoms with Crippen LogP contribution >= 0.6 is 15.9 Å². The van der Waals surface area contributed by atoms with Crippen LogP contribution in [0.1, 0.15) is 11.4 Å². The Labute approximate surface area is 103 Å². The number of imidazole rings is 1. The molecule has 3 nitrogen and oxygen atoms in total. The number of benzene rings is 1. The predicted molar refractivity (Wildman–Crippen MR) is 69.2 cm³/mol. The molecule has 2 rings (SSSR count). The Morgan fingerprint density at radius 1 is 1.38 bits per heavy atom. The normalized spacial score (nSPS) is 10.7. The average molecular weight is 280 g/mol. The van der Waals surface area contributed by atoms with Crippen molar-refractivity contribution in [2.75, 3.05) is 7.05 Å². The first-order chi connectivity index (χ1) is 7.72. The molecule has 16 heavy (non-hydrogen) atoms. The third-order valence-corrected chi connectivity index (χ3v) is 3.03. The molecule has 0 amide bonds.